The van der Waals surface area contributed by atoms with Gasteiger partial charge in [-0.1, -0.05) is 31.4 Å². The summed E-state index contributed by atoms with van der Waals surface area (Å²) in [7, 11) is 1.64. The Morgan fingerprint density at radius 1 is 0.967 bits per heavy atom. The summed E-state index contributed by atoms with van der Waals surface area (Å²) >= 11 is 0. The topological polar surface area (TPSA) is 72.9 Å². The highest BCUT2D eigenvalue weighted by atomic mass is 16.5. The van der Waals surface area contributed by atoms with Gasteiger partial charge in [-0.05, 0) is 62.6 Å². The van der Waals surface area contributed by atoms with Crippen LogP contribution in [0.2, 0.25) is 0 Å². The lowest BCUT2D eigenvalue weighted by Crippen LogP contribution is -2.52. The first-order chi connectivity index (χ1) is 14.6. The minimum absolute atomic E-state index is 0.172. The molecule has 1 aliphatic heterocycles. The smallest absolute Gasteiger partial charge is 0.328 e. The van der Waals surface area contributed by atoms with Gasteiger partial charge in [0.25, 0.3) is 5.91 Å². The lowest BCUT2D eigenvalue weighted by Gasteiger charge is -2.34. The summed E-state index contributed by atoms with van der Waals surface area (Å²) in [6.07, 6.45) is 8.49. The predicted molar refractivity (Wildman–Crippen MR) is 113 cm³/mol. The maximum absolute atomic E-state index is 12.8. The fourth-order valence-electron chi connectivity index (χ4n) is 4.44. The zero-order valence-electron chi connectivity index (χ0n) is 17.9. The first kappa shape index (κ1) is 22.3. The van der Waals surface area contributed by atoms with Gasteiger partial charge < -0.3 is 14.4 Å². The first-order valence-corrected chi connectivity index (χ1v) is 11.2. The standard InChI is InChI=1S/C24H33NO5/c1-29-20-14-12-18(13-15-20)8-7-17-30-24(28)21-11-5-6-16-25(21)23(27)22(26)19-9-3-2-4-10-19/h12-15,19,21H,2-11,16-17H2,1H3. The van der Waals surface area contributed by atoms with Crippen molar-refractivity contribution in [2.75, 3.05) is 20.3 Å². The van der Waals surface area contributed by atoms with Gasteiger partial charge in [0.1, 0.15) is 11.8 Å². The second-order valence-electron chi connectivity index (χ2n) is 8.33. The van der Waals surface area contributed by atoms with E-state index < -0.39 is 11.9 Å². The van der Waals surface area contributed by atoms with Crippen molar-refractivity contribution in [3.05, 3.63) is 29.8 Å². The van der Waals surface area contributed by atoms with Gasteiger partial charge in [0.15, 0.2) is 0 Å². The number of ketones is 1. The average Bonchev–Trinajstić information content (AvgIpc) is 2.81. The van der Waals surface area contributed by atoms with Crippen LogP contribution in [0.5, 0.6) is 5.75 Å². The molecule has 1 aromatic carbocycles. The van der Waals surface area contributed by atoms with Crippen LogP contribution < -0.4 is 4.74 Å². The molecule has 2 fully saturated rings. The van der Waals surface area contributed by atoms with E-state index >= 15 is 0 Å². The monoisotopic (exact) mass is 415 g/mol. The fourth-order valence-corrected chi connectivity index (χ4v) is 4.44. The number of carbonyl (C=O) groups is 3. The highest BCUT2D eigenvalue weighted by molar-refractivity contribution is 6.37. The third kappa shape index (κ3) is 5.83. The molecule has 1 amide bonds. The lowest BCUT2D eigenvalue weighted by atomic mass is 9.85. The van der Waals surface area contributed by atoms with E-state index in [2.05, 4.69) is 0 Å². The van der Waals surface area contributed by atoms with Gasteiger partial charge in [0.2, 0.25) is 5.78 Å². The molecule has 3 rings (SSSR count). The summed E-state index contributed by atoms with van der Waals surface area (Å²) in [5.41, 5.74) is 1.15. The molecule has 1 atom stereocenters. The van der Waals surface area contributed by atoms with Crippen LogP contribution in [-0.4, -0.2) is 48.9 Å². The number of amides is 1. The molecule has 6 nitrogen and oxygen atoms in total. The summed E-state index contributed by atoms with van der Waals surface area (Å²) in [5, 5.41) is 0. The number of methoxy groups -OCH3 is 1. The Kier molecular flexibility index (Phi) is 8.29. The Balaban J connectivity index is 1.48. The third-order valence-corrected chi connectivity index (χ3v) is 6.24. The number of hydrogen-bond donors (Lipinski definition) is 0. The molecule has 164 valence electrons. The average molecular weight is 416 g/mol. The zero-order valence-corrected chi connectivity index (χ0v) is 17.9. The van der Waals surface area contributed by atoms with Crippen LogP contribution >= 0.6 is 0 Å². The van der Waals surface area contributed by atoms with Crippen molar-refractivity contribution in [1.29, 1.82) is 0 Å². The number of nitrogens with zero attached hydrogens (tertiary/aromatic N) is 1. The van der Waals surface area contributed by atoms with Crippen molar-refractivity contribution in [2.24, 2.45) is 5.92 Å². The lowest BCUT2D eigenvalue weighted by molar-refractivity contribution is -0.160. The van der Waals surface area contributed by atoms with Crippen LogP contribution in [-0.2, 0) is 25.5 Å². The molecule has 1 aromatic rings. The van der Waals surface area contributed by atoms with Crippen LogP contribution in [0.4, 0.5) is 0 Å². The number of piperidine rings is 1. The Labute approximate surface area is 178 Å². The van der Waals surface area contributed by atoms with Gasteiger partial charge in [-0.25, -0.2) is 4.79 Å². The molecule has 30 heavy (non-hydrogen) atoms. The van der Waals surface area contributed by atoms with Gasteiger partial charge in [0, 0.05) is 12.5 Å². The highest BCUT2D eigenvalue weighted by Gasteiger charge is 2.38. The summed E-state index contributed by atoms with van der Waals surface area (Å²) in [5.74, 6) is -0.533. The molecular formula is C24H33NO5. The molecule has 0 bridgehead atoms. The summed E-state index contributed by atoms with van der Waals surface area (Å²) < 4.78 is 10.6. The summed E-state index contributed by atoms with van der Waals surface area (Å²) in [6, 6.07) is 7.20. The van der Waals surface area contributed by atoms with E-state index in [0.29, 0.717) is 26.0 Å². The summed E-state index contributed by atoms with van der Waals surface area (Å²) in [6.45, 7) is 0.767. The van der Waals surface area contributed by atoms with Gasteiger partial charge in [0.05, 0.1) is 13.7 Å². The van der Waals surface area contributed by atoms with Crippen molar-refractivity contribution in [2.45, 2.75) is 70.3 Å². The van der Waals surface area contributed by atoms with E-state index in [4.69, 9.17) is 9.47 Å². The van der Waals surface area contributed by atoms with Crippen molar-refractivity contribution in [3.8, 4) is 5.75 Å². The minimum Gasteiger partial charge on any atom is -0.497 e. The number of esters is 1. The Hall–Kier alpha value is -2.37. The number of Topliss-reactive ketones (excluding diaryl/α,β-unsaturated/α-hetero) is 1. The molecule has 1 aliphatic carbocycles. The maximum atomic E-state index is 12.8. The molecule has 0 radical (unpaired) electrons. The minimum atomic E-state index is -0.625. The van der Waals surface area contributed by atoms with Crippen LogP contribution in [0.25, 0.3) is 0 Å². The maximum Gasteiger partial charge on any atom is 0.328 e. The molecule has 1 saturated heterocycles. The van der Waals surface area contributed by atoms with Gasteiger partial charge in [-0.3, -0.25) is 9.59 Å². The number of aryl methyl sites for hydroxylation is 1. The largest absolute Gasteiger partial charge is 0.497 e. The van der Waals surface area contributed by atoms with E-state index in [-0.39, 0.29) is 17.7 Å². The molecular weight excluding hydrogens is 382 g/mol. The molecule has 0 N–H and O–H groups in total. The molecule has 6 heteroatoms. The number of carbonyl (C=O) groups excluding carboxylic acids is 3. The second kappa shape index (κ2) is 11.1. The van der Waals surface area contributed by atoms with E-state index in [1.165, 1.54) is 4.90 Å². The predicted octanol–water partition coefficient (Wildman–Crippen LogP) is 3.70. The van der Waals surface area contributed by atoms with Crippen LogP contribution in [0.3, 0.4) is 0 Å². The van der Waals surface area contributed by atoms with Crippen molar-refractivity contribution >= 4 is 17.7 Å². The summed E-state index contributed by atoms with van der Waals surface area (Å²) in [4.78, 5) is 39.7. The van der Waals surface area contributed by atoms with Crippen LogP contribution in [0.1, 0.15) is 63.4 Å². The number of ether oxygens (including phenoxy) is 2. The third-order valence-electron chi connectivity index (χ3n) is 6.24. The Morgan fingerprint density at radius 2 is 1.67 bits per heavy atom. The highest BCUT2D eigenvalue weighted by Crippen LogP contribution is 2.27. The van der Waals surface area contributed by atoms with E-state index in [9.17, 15) is 14.4 Å². The Morgan fingerprint density at radius 3 is 2.37 bits per heavy atom. The van der Waals surface area contributed by atoms with Crippen LogP contribution in [0.15, 0.2) is 24.3 Å². The van der Waals surface area contributed by atoms with E-state index in [0.717, 1.165) is 62.7 Å². The molecule has 1 unspecified atom stereocenters. The molecule has 1 heterocycles. The fraction of sp³-hybridized carbons (Fsp3) is 0.625. The Bertz CT molecular complexity index is 724. The number of likely N-dealkylation sites (tertiary alicyclic amines) is 1. The zero-order chi connectivity index (χ0) is 21.3. The second-order valence-corrected chi connectivity index (χ2v) is 8.33. The van der Waals surface area contributed by atoms with E-state index in [1.807, 2.05) is 24.3 Å². The van der Waals surface area contributed by atoms with Gasteiger partial charge >= 0.3 is 5.97 Å². The first-order valence-electron chi connectivity index (χ1n) is 11.2. The molecule has 0 spiro atoms. The van der Waals surface area contributed by atoms with Gasteiger partial charge in [-0.2, -0.15) is 0 Å². The van der Waals surface area contributed by atoms with Crippen molar-refractivity contribution in [3.63, 3.8) is 0 Å². The number of hydrogen-bond acceptors (Lipinski definition) is 5. The number of rotatable bonds is 8. The normalized spacial score (nSPS) is 19.9. The molecule has 2 aliphatic rings. The van der Waals surface area contributed by atoms with Crippen molar-refractivity contribution < 1.29 is 23.9 Å². The molecule has 0 aromatic heterocycles. The van der Waals surface area contributed by atoms with E-state index in [1.54, 1.807) is 7.11 Å². The van der Waals surface area contributed by atoms with Gasteiger partial charge in [-0.15, -0.1) is 0 Å². The molecule has 1 saturated carbocycles. The van der Waals surface area contributed by atoms with Crippen LogP contribution in [0, 0.1) is 5.92 Å². The van der Waals surface area contributed by atoms with Crippen molar-refractivity contribution in [1.82, 2.24) is 4.90 Å². The number of benzene rings is 1. The quantitative estimate of drug-likeness (QED) is 0.368. The SMILES string of the molecule is COc1ccc(CCCOC(=O)C2CCCCN2C(=O)C(=O)C2CCCCC2)cc1.